The summed E-state index contributed by atoms with van der Waals surface area (Å²) in [6.45, 7) is -0.286. The molecule has 34 heavy (non-hydrogen) atoms. The van der Waals surface area contributed by atoms with Crippen molar-refractivity contribution < 1.29 is 38.1 Å². The van der Waals surface area contributed by atoms with Crippen LogP contribution in [0.1, 0.15) is 23.6 Å². The van der Waals surface area contributed by atoms with Crippen molar-refractivity contribution in [3.05, 3.63) is 53.6 Å². The summed E-state index contributed by atoms with van der Waals surface area (Å²) in [6.07, 6.45) is 2.81. The average molecular weight is 472 g/mol. The molecule has 10 heteroatoms. The lowest BCUT2D eigenvalue weighted by molar-refractivity contribution is -0.141. The normalized spacial score (nSPS) is 11.4. The molecule has 0 saturated heterocycles. The van der Waals surface area contributed by atoms with Crippen LogP contribution in [0, 0.1) is 0 Å². The molecule has 2 rings (SSSR count). The molecule has 1 atom stereocenters. The van der Waals surface area contributed by atoms with Crippen LogP contribution in [0.3, 0.4) is 0 Å². The molecule has 3 N–H and O–H groups in total. The predicted octanol–water partition coefficient (Wildman–Crippen LogP) is 2.01. The quantitative estimate of drug-likeness (QED) is 0.354. The Morgan fingerprint density at radius 3 is 2.18 bits per heavy atom. The van der Waals surface area contributed by atoms with Crippen LogP contribution in [0.4, 0.5) is 0 Å². The fraction of sp³-hybridized carbons (Fsp3) is 0.292. The van der Waals surface area contributed by atoms with E-state index < -0.39 is 23.8 Å². The molecule has 182 valence electrons. The van der Waals surface area contributed by atoms with E-state index in [4.69, 9.17) is 29.4 Å². The van der Waals surface area contributed by atoms with E-state index in [0.29, 0.717) is 34.1 Å². The molecule has 1 unspecified atom stereocenters. The zero-order chi connectivity index (χ0) is 25.1. The highest BCUT2D eigenvalue weighted by Gasteiger charge is 2.20. The van der Waals surface area contributed by atoms with Gasteiger partial charge in [-0.1, -0.05) is 12.1 Å². The minimum atomic E-state index is -0.663. The third kappa shape index (κ3) is 7.44. The molecule has 0 aromatic heterocycles. The summed E-state index contributed by atoms with van der Waals surface area (Å²) in [6, 6.07) is 9.37. The lowest BCUT2D eigenvalue weighted by Gasteiger charge is -2.19. The summed E-state index contributed by atoms with van der Waals surface area (Å²) >= 11 is 0. The van der Waals surface area contributed by atoms with Crippen molar-refractivity contribution in [1.29, 1.82) is 0 Å². The minimum Gasteiger partial charge on any atom is -0.493 e. The van der Waals surface area contributed by atoms with Crippen LogP contribution < -0.4 is 30.0 Å². The van der Waals surface area contributed by atoms with Gasteiger partial charge in [0.1, 0.15) is 0 Å². The topological polar surface area (TPSA) is 135 Å². The predicted molar refractivity (Wildman–Crippen MR) is 124 cm³/mol. The molecule has 2 aromatic rings. The van der Waals surface area contributed by atoms with Gasteiger partial charge in [-0.15, -0.1) is 0 Å². The first-order chi connectivity index (χ1) is 16.3. The van der Waals surface area contributed by atoms with Crippen molar-refractivity contribution in [2.45, 2.75) is 12.5 Å². The molecule has 0 aliphatic heterocycles. The molecular weight excluding hydrogens is 444 g/mol. The number of nitrogens with two attached hydrogens (primary N) is 1. The number of methoxy groups -OCH3 is 4. The highest BCUT2D eigenvalue weighted by atomic mass is 16.5. The van der Waals surface area contributed by atoms with E-state index in [9.17, 15) is 14.4 Å². The van der Waals surface area contributed by atoms with Gasteiger partial charge in [-0.2, -0.15) is 0 Å². The molecule has 0 radical (unpaired) electrons. The SMILES string of the molecule is COC(=O)CC(NC(=O)/C=C/c1ccc(OCC(N)=O)c(OC)c1)c1ccc(OC)c(OC)c1. The van der Waals surface area contributed by atoms with Crippen LogP contribution in [0.25, 0.3) is 6.08 Å². The van der Waals surface area contributed by atoms with Crippen LogP contribution >= 0.6 is 0 Å². The molecule has 0 fully saturated rings. The summed E-state index contributed by atoms with van der Waals surface area (Å²) in [5.74, 6) is 0.167. The first-order valence-corrected chi connectivity index (χ1v) is 10.2. The van der Waals surface area contributed by atoms with Gasteiger partial charge in [0.15, 0.2) is 29.6 Å². The third-order valence-electron chi connectivity index (χ3n) is 4.71. The first-order valence-electron chi connectivity index (χ1n) is 10.2. The Kier molecular flexibility index (Phi) is 9.75. The second-order valence-corrected chi connectivity index (χ2v) is 6.95. The van der Waals surface area contributed by atoms with Crippen LogP contribution in [0.15, 0.2) is 42.5 Å². The van der Waals surface area contributed by atoms with Crippen molar-refractivity contribution >= 4 is 23.9 Å². The van der Waals surface area contributed by atoms with Gasteiger partial charge in [-0.25, -0.2) is 0 Å². The van der Waals surface area contributed by atoms with Crippen molar-refractivity contribution in [3.8, 4) is 23.0 Å². The van der Waals surface area contributed by atoms with Gasteiger partial charge in [0.05, 0.1) is 40.9 Å². The molecule has 2 amide bonds. The Labute approximate surface area is 197 Å². The first kappa shape index (κ1) is 26.0. The minimum absolute atomic E-state index is 0.0781. The van der Waals surface area contributed by atoms with Crippen LogP contribution in [0.2, 0.25) is 0 Å². The molecular formula is C24H28N2O8. The number of hydrogen-bond acceptors (Lipinski definition) is 8. The Bertz CT molecular complexity index is 1050. The Morgan fingerprint density at radius 2 is 1.56 bits per heavy atom. The summed E-state index contributed by atoms with van der Waals surface area (Å²) in [5, 5.41) is 2.80. The average Bonchev–Trinajstić information content (AvgIpc) is 2.85. The lowest BCUT2D eigenvalue weighted by Crippen LogP contribution is -2.29. The lowest BCUT2D eigenvalue weighted by atomic mass is 10.0. The van der Waals surface area contributed by atoms with Crippen LogP contribution in [0.5, 0.6) is 23.0 Å². The number of ether oxygens (including phenoxy) is 5. The van der Waals surface area contributed by atoms with Gasteiger partial charge >= 0.3 is 5.97 Å². The smallest absolute Gasteiger partial charge is 0.307 e. The van der Waals surface area contributed by atoms with E-state index >= 15 is 0 Å². The fourth-order valence-electron chi connectivity index (χ4n) is 3.02. The van der Waals surface area contributed by atoms with Gasteiger partial charge in [-0.05, 0) is 41.5 Å². The standard InChI is InChI=1S/C24H28N2O8/c1-30-18-9-7-16(12-21(18)32-3)17(13-24(29)33-4)26-23(28)10-6-15-5-8-19(20(11-15)31-2)34-14-22(25)27/h5-12,17H,13-14H2,1-4H3,(H2,25,27)(H,26,28)/b10-6+. The van der Waals surface area contributed by atoms with Crippen molar-refractivity contribution in [3.63, 3.8) is 0 Å². The Balaban J connectivity index is 2.19. The van der Waals surface area contributed by atoms with Gasteiger partial charge in [-0.3, -0.25) is 14.4 Å². The molecule has 0 aliphatic rings. The van der Waals surface area contributed by atoms with Gasteiger partial charge in [0.2, 0.25) is 5.91 Å². The summed E-state index contributed by atoms with van der Waals surface area (Å²) < 4.78 is 25.9. The highest BCUT2D eigenvalue weighted by molar-refractivity contribution is 5.92. The van der Waals surface area contributed by atoms with Gasteiger partial charge in [0, 0.05) is 6.08 Å². The number of benzene rings is 2. The second kappa shape index (κ2) is 12.7. The number of nitrogens with one attached hydrogen (secondary N) is 1. The monoisotopic (exact) mass is 472 g/mol. The van der Waals surface area contributed by atoms with E-state index in [2.05, 4.69) is 5.32 Å². The van der Waals surface area contributed by atoms with E-state index in [1.54, 1.807) is 42.5 Å². The number of primary amides is 1. The van der Waals surface area contributed by atoms with Crippen LogP contribution in [-0.4, -0.2) is 52.8 Å². The molecule has 0 heterocycles. The molecule has 2 aromatic carbocycles. The Hall–Kier alpha value is -4.21. The van der Waals surface area contributed by atoms with Crippen molar-refractivity contribution in [2.24, 2.45) is 5.73 Å². The maximum absolute atomic E-state index is 12.6. The molecule has 0 saturated carbocycles. The van der Waals surface area contributed by atoms with Crippen molar-refractivity contribution in [1.82, 2.24) is 5.32 Å². The highest BCUT2D eigenvalue weighted by Crippen LogP contribution is 2.31. The molecule has 0 aliphatic carbocycles. The van der Waals surface area contributed by atoms with Crippen molar-refractivity contribution in [2.75, 3.05) is 35.0 Å². The number of carbonyl (C=O) groups is 3. The summed E-state index contributed by atoms with van der Waals surface area (Å²) in [7, 11) is 5.74. The largest absolute Gasteiger partial charge is 0.493 e. The van der Waals surface area contributed by atoms with Gasteiger partial charge < -0.3 is 34.7 Å². The van der Waals surface area contributed by atoms with E-state index in [1.807, 2.05) is 0 Å². The zero-order valence-electron chi connectivity index (χ0n) is 19.5. The number of hydrogen-bond donors (Lipinski definition) is 2. The number of amides is 2. The molecule has 0 spiro atoms. The van der Waals surface area contributed by atoms with E-state index in [0.717, 1.165) is 0 Å². The maximum Gasteiger partial charge on any atom is 0.307 e. The number of rotatable bonds is 12. The fourth-order valence-corrected chi connectivity index (χ4v) is 3.02. The van der Waals surface area contributed by atoms with Crippen LogP contribution in [-0.2, 0) is 19.1 Å². The number of esters is 1. The van der Waals surface area contributed by atoms with Gasteiger partial charge in [0.25, 0.3) is 5.91 Å². The molecule has 0 bridgehead atoms. The Morgan fingerprint density at radius 1 is 0.912 bits per heavy atom. The summed E-state index contributed by atoms with van der Waals surface area (Å²) in [4.78, 5) is 35.5. The van der Waals surface area contributed by atoms with E-state index in [1.165, 1.54) is 34.5 Å². The zero-order valence-corrected chi connectivity index (χ0v) is 19.5. The second-order valence-electron chi connectivity index (χ2n) is 6.95. The molecule has 10 nitrogen and oxygen atoms in total. The third-order valence-corrected chi connectivity index (χ3v) is 4.71. The summed E-state index contributed by atoms with van der Waals surface area (Å²) in [5.41, 5.74) is 6.38. The van der Waals surface area contributed by atoms with E-state index in [-0.39, 0.29) is 13.0 Å². The number of carbonyl (C=O) groups excluding carboxylic acids is 3. The maximum atomic E-state index is 12.6.